The van der Waals surface area contributed by atoms with E-state index in [0.717, 1.165) is 57.6 Å². The first kappa shape index (κ1) is 52.4. The van der Waals surface area contributed by atoms with Gasteiger partial charge in [-0.15, -0.1) is 0 Å². The largest absolute Gasteiger partial charge is 0.311 e. The highest BCUT2D eigenvalue weighted by Crippen LogP contribution is 2.51. The molecule has 13 rings (SSSR count). The maximum absolute atomic E-state index is 2.40. The molecule has 83 heavy (non-hydrogen) atoms. The zero-order valence-corrected chi connectivity index (χ0v) is 47.5. The van der Waals surface area contributed by atoms with Crippen molar-refractivity contribution in [1.82, 2.24) is 0 Å². The van der Waals surface area contributed by atoms with Gasteiger partial charge in [0.15, 0.2) is 0 Å². The summed E-state index contributed by atoms with van der Waals surface area (Å²) in [5, 5.41) is 0. The summed E-state index contributed by atoms with van der Waals surface area (Å²) in [6.45, 7) is 6.97. The second kappa shape index (κ2) is 23.3. The Morgan fingerprint density at radius 2 is 0.578 bits per heavy atom. The maximum atomic E-state index is 2.40. The molecule has 12 aromatic rings. The van der Waals surface area contributed by atoms with Crippen LogP contribution in [0.4, 0.5) is 51.2 Å². The number of para-hydroxylation sites is 3. The quantitative estimate of drug-likeness (QED) is 0.0842. The van der Waals surface area contributed by atoms with E-state index in [0.29, 0.717) is 0 Å². The maximum Gasteiger partial charge on any atom is 0.0465 e. The molecule has 0 bridgehead atoms. The summed E-state index contributed by atoms with van der Waals surface area (Å²) in [5.41, 5.74) is 26.2. The third kappa shape index (κ3) is 10.8. The number of anilines is 9. The summed E-state index contributed by atoms with van der Waals surface area (Å²) in [4.78, 5) is 7.07. The standard InChI is InChI=1S/C80H67N3/c1-4-5-9-20-58-33-43-70(44-34-58)82(72-47-37-60(38-48-72)64-22-18-21-63(55-64)59-35-45-71(46-36-59)81(67-25-10-6-11-26-67)68-27-12-7-13-28-68)73-49-39-61(40-50-73)65-23-19-24-66(56-65)62-41-51-74(52-42-62)83(69-29-14-8-15-30-69)75-53-54-77-76-31-16-17-32-78(76)80(2,3)79(77)57-75/h6-8,10-19,21-57H,4-5,9,20H2,1-3H3. The van der Waals surface area contributed by atoms with Crippen molar-refractivity contribution >= 4 is 51.2 Å². The molecule has 0 radical (unpaired) electrons. The number of hydrogen-bond acceptors (Lipinski definition) is 3. The summed E-state index contributed by atoms with van der Waals surface area (Å²) < 4.78 is 0. The molecule has 1 aliphatic rings. The van der Waals surface area contributed by atoms with Crippen LogP contribution in [0.15, 0.2) is 303 Å². The van der Waals surface area contributed by atoms with Crippen LogP contribution in [-0.4, -0.2) is 0 Å². The van der Waals surface area contributed by atoms with Crippen molar-refractivity contribution in [2.24, 2.45) is 0 Å². The monoisotopic (exact) mass is 1070 g/mol. The molecule has 0 saturated heterocycles. The lowest BCUT2D eigenvalue weighted by Gasteiger charge is -2.28. The van der Waals surface area contributed by atoms with Gasteiger partial charge in [-0.2, -0.15) is 0 Å². The third-order valence-corrected chi connectivity index (χ3v) is 16.7. The van der Waals surface area contributed by atoms with Crippen LogP contribution in [0.1, 0.15) is 56.7 Å². The van der Waals surface area contributed by atoms with E-state index in [1.807, 2.05) is 0 Å². The molecule has 0 saturated carbocycles. The van der Waals surface area contributed by atoms with E-state index in [2.05, 4.69) is 339 Å². The summed E-state index contributed by atoms with van der Waals surface area (Å²) in [6.07, 6.45) is 4.77. The predicted octanol–water partition coefficient (Wildman–Crippen LogP) is 22.8. The van der Waals surface area contributed by atoms with Crippen LogP contribution in [0, 0.1) is 0 Å². The van der Waals surface area contributed by atoms with E-state index in [4.69, 9.17) is 0 Å². The Labute approximate surface area is 490 Å². The number of hydrogen-bond donors (Lipinski definition) is 0. The van der Waals surface area contributed by atoms with Crippen molar-refractivity contribution < 1.29 is 0 Å². The topological polar surface area (TPSA) is 9.72 Å². The predicted molar refractivity (Wildman–Crippen MR) is 353 cm³/mol. The van der Waals surface area contributed by atoms with Crippen LogP contribution >= 0.6 is 0 Å². The molecule has 12 aromatic carbocycles. The molecular weight excluding hydrogens is 1000 g/mol. The van der Waals surface area contributed by atoms with Crippen LogP contribution in [0.2, 0.25) is 0 Å². The zero-order valence-electron chi connectivity index (χ0n) is 47.5. The molecule has 0 N–H and O–H groups in total. The molecule has 0 amide bonds. The second-order valence-corrected chi connectivity index (χ2v) is 22.4. The molecule has 1 aliphatic carbocycles. The first-order valence-electron chi connectivity index (χ1n) is 29.4. The minimum absolute atomic E-state index is 0.0899. The van der Waals surface area contributed by atoms with Gasteiger partial charge >= 0.3 is 0 Å². The van der Waals surface area contributed by atoms with Crippen molar-refractivity contribution in [2.75, 3.05) is 14.7 Å². The van der Waals surface area contributed by atoms with Crippen LogP contribution < -0.4 is 14.7 Å². The number of benzene rings is 12. The van der Waals surface area contributed by atoms with E-state index in [9.17, 15) is 0 Å². The van der Waals surface area contributed by atoms with E-state index in [1.165, 1.54) is 91.6 Å². The van der Waals surface area contributed by atoms with Gasteiger partial charge in [0.2, 0.25) is 0 Å². The third-order valence-electron chi connectivity index (χ3n) is 16.7. The van der Waals surface area contributed by atoms with Crippen LogP contribution in [-0.2, 0) is 11.8 Å². The molecule has 0 aromatic heterocycles. The normalized spacial score (nSPS) is 12.1. The molecule has 0 heterocycles. The molecule has 3 nitrogen and oxygen atoms in total. The van der Waals surface area contributed by atoms with Gasteiger partial charge in [-0.05, 0) is 206 Å². The number of nitrogens with zero attached hydrogens (tertiary/aromatic N) is 3. The van der Waals surface area contributed by atoms with E-state index in [1.54, 1.807) is 0 Å². The average Bonchev–Trinajstić information content (AvgIpc) is 3.95. The van der Waals surface area contributed by atoms with Crippen LogP contribution in [0.5, 0.6) is 0 Å². The molecule has 0 fully saturated rings. The van der Waals surface area contributed by atoms with Crippen molar-refractivity contribution in [3.8, 4) is 55.6 Å². The van der Waals surface area contributed by atoms with E-state index in [-0.39, 0.29) is 5.41 Å². The van der Waals surface area contributed by atoms with Crippen molar-refractivity contribution in [1.29, 1.82) is 0 Å². The summed E-state index contributed by atoms with van der Waals surface area (Å²) in [5.74, 6) is 0. The lowest BCUT2D eigenvalue weighted by molar-refractivity contribution is 0.660. The van der Waals surface area contributed by atoms with Gasteiger partial charge < -0.3 is 14.7 Å². The molecule has 0 atom stereocenters. The Bertz CT molecular complexity index is 4090. The Hall–Kier alpha value is -9.96. The highest BCUT2D eigenvalue weighted by molar-refractivity contribution is 5.87. The fraction of sp³-hybridized carbons (Fsp3) is 0.100. The lowest BCUT2D eigenvalue weighted by Crippen LogP contribution is -2.16. The van der Waals surface area contributed by atoms with Gasteiger partial charge in [-0.25, -0.2) is 0 Å². The SMILES string of the molecule is CCCCCc1ccc(N(c2ccc(-c3cccc(-c4ccc(N(c5ccccc5)c5ccccc5)cc4)c3)cc2)c2ccc(-c3cccc(-c4ccc(N(c5ccccc5)c5ccc6c(c5)C(C)(C)c5ccccc5-6)cc4)c3)cc2)cc1. The molecule has 402 valence electrons. The minimum Gasteiger partial charge on any atom is -0.311 e. The molecule has 3 heteroatoms. The van der Waals surface area contributed by atoms with Gasteiger partial charge in [0.25, 0.3) is 0 Å². The molecule has 0 spiro atoms. The molecule has 0 aliphatic heterocycles. The number of unbranched alkanes of at least 4 members (excludes halogenated alkanes) is 2. The lowest BCUT2D eigenvalue weighted by atomic mass is 9.82. The zero-order chi connectivity index (χ0) is 56.1. The van der Waals surface area contributed by atoms with Crippen LogP contribution in [0.3, 0.4) is 0 Å². The van der Waals surface area contributed by atoms with Crippen LogP contribution in [0.25, 0.3) is 55.6 Å². The second-order valence-electron chi connectivity index (χ2n) is 22.4. The fourth-order valence-corrected chi connectivity index (χ4v) is 12.3. The molecule has 0 unspecified atom stereocenters. The van der Waals surface area contributed by atoms with Gasteiger partial charge in [-0.1, -0.05) is 216 Å². The van der Waals surface area contributed by atoms with Gasteiger partial charge in [0, 0.05) is 56.6 Å². The Morgan fingerprint density at radius 1 is 0.253 bits per heavy atom. The number of rotatable bonds is 17. The summed E-state index contributed by atoms with van der Waals surface area (Å²) >= 11 is 0. The number of aryl methyl sites for hydroxylation is 1. The average molecular weight is 1070 g/mol. The summed E-state index contributed by atoms with van der Waals surface area (Å²) in [7, 11) is 0. The highest BCUT2D eigenvalue weighted by Gasteiger charge is 2.35. The van der Waals surface area contributed by atoms with Crippen molar-refractivity contribution in [3.05, 3.63) is 320 Å². The smallest absolute Gasteiger partial charge is 0.0465 e. The Morgan fingerprint density at radius 3 is 0.976 bits per heavy atom. The summed E-state index contributed by atoms with van der Waals surface area (Å²) in [6, 6.07) is 111. The van der Waals surface area contributed by atoms with E-state index >= 15 is 0 Å². The Kier molecular flexibility index (Phi) is 14.7. The van der Waals surface area contributed by atoms with Gasteiger partial charge in [-0.3, -0.25) is 0 Å². The first-order chi connectivity index (χ1) is 40.9. The van der Waals surface area contributed by atoms with E-state index < -0.39 is 0 Å². The van der Waals surface area contributed by atoms with Crippen molar-refractivity contribution in [3.63, 3.8) is 0 Å². The first-order valence-corrected chi connectivity index (χ1v) is 29.4. The van der Waals surface area contributed by atoms with Gasteiger partial charge in [0.1, 0.15) is 0 Å². The fourth-order valence-electron chi connectivity index (χ4n) is 12.3. The highest BCUT2D eigenvalue weighted by atomic mass is 15.2. The molecular formula is C80H67N3. The minimum atomic E-state index is -0.0899. The number of fused-ring (bicyclic) bond motifs is 3. The van der Waals surface area contributed by atoms with Gasteiger partial charge in [0.05, 0.1) is 0 Å². The Balaban J connectivity index is 0.760. The van der Waals surface area contributed by atoms with Crippen molar-refractivity contribution in [2.45, 2.75) is 51.9 Å².